The lowest BCUT2D eigenvalue weighted by Crippen LogP contribution is -2.42. The second-order valence-corrected chi connectivity index (χ2v) is 6.92. The van der Waals surface area contributed by atoms with Crippen molar-refractivity contribution in [3.63, 3.8) is 0 Å². The second-order valence-electron chi connectivity index (χ2n) is 6.92. The number of carbonyl (C=O) groups excluding carboxylic acids is 2. The van der Waals surface area contributed by atoms with E-state index in [9.17, 15) is 9.59 Å². The highest BCUT2D eigenvalue weighted by atomic mass is 16.2. The first-order chi connectivity index (χ1) is 13.2. The molecule has 0 unspecified atom stereocenters. The third-order valence-electron chi connectivity index (χ3n) is 5.00. The summed E-state index contributed by atoms with van der Waals surface area (Å²) in [5, 5.41) is 9.14. The summed E-state index contributed by atoms with van der Waals surface area (Å²) < 4.78 is 0. The summed E-state index contributed by atoms with van der Waals surface area (Å²) in [5.74, 6) is -0.701. The first-order valence-corrected chi connectivity index (χ1v) is 9.58. The molecule has 5 nitrogen and oxygen atoms in total. The Balaban J connectivity index is 1.42. The van der Waals surface area contributed by atoms with Crippen LogP contribution in [0.5, 0.6) is 0 Å². The Bertz CT molecular complexity index is 670. The zero-order valence-electron chi connectivity index (χ0n) is 15.5. The van der Waals surface area contributed by atoms with E-state index in [1.54, 1.807) is 0 Å². The van der Waals surface area contributed by atoms with E-state index in [-0.39, 0.29) is 23.7 Å². The van der Waals surface area contributed by atoms with Crippen LogP contribution in [0.25, 0.3) is 0 Å². The molecule has 1 saturated heterocycles. The fourth-order valence-electron chi connectivity index (χ4n) is 3.44. The number of hydrogen-bond donors (Lipinski definition) is 3. The molecule has 0 spiro atoms. The summed E-state index contributed by atoms with van der Waals surface area (Å²) >= 11 is 0. The number of carbonyl (C=O) groups is 2. The van der Waals surface area contributed by atoms with Crippen LogP contribution in [0.1, 0.15) is 11.1 Å². The normalized spacial score (nSPS) is 18.8. The summed E-state index contributed by atoms with van der Waals surface area (Å²) in [6, 6.07) is 20.1. The van der Waals surface area contributed by atoms with Crippen LogP contribution < -0.4 is 16.0 Å². The molecule has 0 saturated carbocycles. The molecule has 142 valence electrons. The second kappa shape index (κ2) is 9.88. The van der Waals surface area contributed by atoms with Gasteiger partial charge in [0.1, 0.15) is 0 Å². The fourth-order valence-corrected chi connectivity index (χ4v) is 3.44. The Morgan fingerprint density at radius 1 is 0.741 bits per heavy atom. The molecule has 1 heterocycles. The third-order valence-corrected chi connectivity index (χ3v) is 5.00. The van der Waals surface area contributed by atoms with Gasteiger partial charge in [-0.1, -0.05) is 60.7 Å². The smallest absolute Gasteiger partial charge is 0.225 e. The highest BCUT2D eigenvalue weighted by Crippen LogP contribution is 2.17. The van der Waals surface area contributed by atoms with Crippen LogP contribution in [-0.4, -0.2) is 38.0 Å². The fraction of sp³-hybridized carbons (Fsp3) is 0.364. The van der Waals surface area contributed by atoms with Gasteiger partial charge in [-0.15, -0.1) is 0 Å². The Kier molecular flexibility index (Phi) is 6.99. The van der Waals surface area contributed by atoms with Gasteiger partial charge in [-0.2, -0.15) is 0 Å². The largest absolute Gasteiger partial charge is 0.355 e. The van der Waals surface area contributed by atoms with Gasteiger partial charge >= 0.3 is 0 Å². The van der Waals surface area contributed by atoms with Gasteiger partial charge < -0.3 is 16.0 Å². The van der Waals surface area contributed by atoms with Crippen LogP contribution >= 0.6 is 0 Å². The van der Waals surface area contributed by atoms with Crippen molar-refractivity contribution in [2.75, 3.05) is 26.2 Å². The number of rotatable bonds is 8. The van der Waals surface area contributed by atoms with Gasteiger partial charge in [0, 0.05) is 26.2 Å². The van der Waals surface area contributed by atoms with Crippen LogP contribution in [-0.2, 0) is 22.4 Å². The molecular formula is C22H27N3O2. The first-order valence-electron chi connectivity index (χ1n) is 9.58. The van der Waals surface area contributed by atoms with Crippen molar-refractivity contribution in [2.24, 2.45) is 11.8 Å². The van der Waals surface area contributed by atoms with E-state index in [2.05, 4.69) is 16.0 Å². The third kappa shape index (κ3) is 5.66. The lowest BCUT2D eigenvalue weighted by molar-refractivity contribution is -0.132. The van der Waals surface area contributed by atoms with Crippen molar-refractivity contribution in [1.29, 1.82) is 0 Å². The SMILES string of the molecule is O=C(NCCc1ccccc1)[C@@H]1CNC[C@H]1C(=O)NCCc1ccccc1. The summed E-state index contributed by atoms with van der Waals surface area (Å²) in [5.41, 5.74) is 2.38. The van der Waals surface area contributed by atoms with Crippen LogP contribution in [0, 0.1) is 11.8 Å². The van der Waals surface area contributed by atoms with Gasteiger partial charge in [0.05, 0.1) is 11.8 Å². The molecule has 2 aromatic rings. The monoisotopic (exact) mass is 365 g/mol. The lowest BCUT2D eigenvalue weighted by Gasteiger charge is -2.18. The summed E-state index contributed by atoms with van der Waals surface area (Å²) in [6.45, 7) is 2.27. The molecule has 0 aromatic heterocycles. The van der Waals surface area contributed by atoms with E-state index in [1.807, 2.05) is 60.7 Å². The number of amides is 2. The molecule has 2 amide bonds. The van der Waals surface area contributed by atoms with Crippen LogP contribution in [0.15, 0.2) is 60.7 Å². The zero-order chi connectivity index (χ0) is 18.9. The summed E-state index contributed by atoms with van der Waals surface area (Å²) in [4.78, 5) is 25.0. The molecule has 3 rings (SSSR count). The number of benzene rings is 2. The number of nitrogens with one attached hydrogen (secondary N) is 3. The van der Waals surface area contributed by atoms with Crippen molar-refractivity contribution < 1.29 is 9.59 Å². The topological polar surface area (TPSA) is 70.2 Å². The maximum absolute atomic E-state index is 12.5. The maximum atomic E-state index is 12.5. The van der Waals surface area contributed by atoms with Gasteiger partial charge in [-0.05, 0) is 24.0 Å². The lowest BCUT2D eigenvalue weighted by atomic mass is 9.94. The van der Waals surface area contributed by atoms with E-state index >= 15 is 0 Å². The summed E-state index contributed by atoms with van der Waals surface area (Å²) in [6.07, 6.45) is 1.58. The average molecular weight is 365 g/mol. The average Bonchev–Trinajstić information content (AvgIpc) is 3.20. The van der Waals surface area contributed by atoms with Gasteiger partial charge in [-0.3, -0.25) is 9.59 Å². The molecule has 5 heteroatoms. The zero-order valence-corrected chi connectivity index (χ0v) is 15.5. The van der Waals surface area contributed by atoms with Crippen LogP contribution in [0.4, 0.5) is 0 Å². The maximum Gasteiger partial charge on any atom is 0.225 e. The molecule has 27 heavy (non-hydrogen) atoms. The van der Waals surface area contributed by atoms with Crippen molar-refractivity contribution in [2.45, 2.75) is 12.8 Å². The van der Waals surface area contributed by atoms with E-state index in [0.717, 1.165) is 12.8 Å². The van der Waals surface area contributed by atoms with Gasteiger partial charge in [0.15, 0.2) is 0 Å². The molecule has 0 bridgehead atoms. The molecule has 1 aliphatic heterocycles. The molecule has 2 aromatic carbocycles. The Morgan fingerprint density at radius 3 is 1.56 bits per heavy atom. The molecule has 0 radical (unpaired) electrons. The van der Waals surface area contributed by atoms with E-state index < -0.39 is 0 Å². The van der Waals surface area contributed by atoms with Crippen molar-refractivity contribution in [1.82, 2.24) is 16.0 Å². The quantitative estimate of drug-likeness (QED) is 0.665. The number of hydrogen-bond acceptors (Lipinski definition) is 3. The van der Waals surface area contributed by atoms with Gasteiger partial charge in [0.2, 0.25) is 11.8 Å². The molecular weight excluding hydrogens is 338 g/mol. The molecule has 2 atom stereocenters. The van der Waals surface area contributed by atoms with Crippen LogP contribution in [0.2, 0.25) is 0 Å². The Labute approximate surface area is 160 Å². The van der Waals surface area contributed by atoms with Crippen molar-refractivity contribution in [3.05, 3.63) is 71.8 Å². The first kappa shape index (κ1) is 19.1. The standard InChI is InChI=1S/C22H27N3O2/c26-21(24-13-11-17-7-3-1-4-8-17)19-15-23-16-20(19)22(27)25-14-12-18-9-5-2-6-10-18/h1-10,19-20,23H,11-16H2,(H,24,26)(H,25,27)/t19-,20-/m1/s1. The van der Waals surface area contributed by atoms with Crippen molar-refractivity contribution >= 4 is 11.8 Å². The molecule has 0 aliphatic carbocycles. The van der Waals surface area contributed by atoms with E-state index in [1.165, 1.54) is 11.1 Å². The molecule has 1 aliphatic rings. The van der Waals surface area contributed by atoms with Crippen molar-refractivity contribution in [3.8, 4) is 0 Å². The van der Waals surface area contributed by atoms with E-state index in [4.69, 9.17) is 0 Å². The highest BCUT2D eigenvalue weighted by molar-refractivity contribution is 5.88. The van der Waals surface area contributed by atoms with Gasteiger partial charge in [-0.25, -0.2) is 0 Å². The minimum absolute atomic E-state index is 0.0425. The summed E-state index contributed by atoms with van der Waals surface area (Å²) in [7, 11) is 0. The predicted octanol–water partition coefficient (Wildman–Crippen LogP) is 1.54. The Morgan fingerprint density at radius 2 is 1.15 bits per heavy atom. The predicted molar refractivity (Wildman–Crippen MR) is 106 cm³/mol. The Hall–Kier alpha value is -2.66. The van der Waals surface area contributed by atoms with Crippen LogP contribution in [0.3, 0.4) is 0 Å². The molecule has 1 fully saturated rings. The van der Waals surface area contributed by atoms with E-state index in [0.29, 0.717) is 26.2 Å². The van der Waals surface area contributed by atoms with Gasteiger partial charge in [0.25, 0.3) is 0 Å². The molecule has 3 N–H and O–H groups in total. The highest BCUT2D eigenvalue weighted by Gasteiger charge is 2.37. The minimum atomic E-state index is -0.308. The minimum Gasteiger partial charge on any atom is -0.355 e.